The molecule has 0 fully saturated rings. The second kappa shape index (κ2) is 6.24. The first-order valence-corrected chi connectivity index (χ1v) is 5.99. The van der Waals surface area contributed by atoms with Crippen LogP contribution in [-0.2, 0) is 11.2 Å². The van der Waals surface area contributed by atoms with E-state index in [2.05, 4.69) is 24.0 Å². The number of allylic oxidation sites excluding steroid dienone is 1. The Labute approximate surface area is 104 Å². The van der Waals surface area contributed by atoms with Gasteiger partial charge >= 0.3 is 0 Å². The summed E-state index contributed by atoms with van der Waals surface area (Å²) in [6, 6.07) is 10.00. The smallest absolute Gasteiger partial charge is 0.152 e. The van der Waals surface area contributed by atoms with E-state index in [4.69, 9.17) is 0 Å². The molecule has 1 N–H and O–H groups in total. The third-order valence-electron chi connectivity index (χ3n) is 2.72. The van der Waals surface area contributed by atoms with Gasteiger partial charge in [0.1, 0.15) is 0 Å². The van der Waals surface area contributed by atoms with Crippen LogP contribution in [0.25, 0.3) is 0 Å². The monoisotopic (exact) mass is 231 g/mol. The van der Waals surface area contributed by atoms with Crippen molar-refractivity contribution in [3.8, 4) is 0 Å². The van der Waals surface area contributed by atoms with Crippen LogP contribution in [0.2, 0.25) is 0 Å². The largest absolute Gasteiger partial charge is 0.379 e. The molecule has 0 aromatic heterocycles. The van der Waals surface area contributed by atoms with Crippen LogP contribution in [0.15, 0.2) is 42.6 Å². The normalized spacial score (nSPS) is 12.2. The van der Waals surface area contributed by atoms with E-state index in [-0.39, 0.29) is 17.7 Å². The van der Waals surface area contributed by atoms with Crippen LogP contribution in [0.3, 0.4) is 0 Å². The molecule has 0 aliphatic heterocycles. The lowest BCUT2D eigenvalue weighted by Gasteiger charge is -2.22. The predicted octanol–water partition coefficient (Wildman–Crippen LogP) is 2.95. The van der Waals surface area contributed by atoms with Gasteiger partial charge in [-0.1, -0.05) is 50.8 Å². The van der Waals surface area contributed by atoms with Gasteiger partial charge in [0.05, 0.1) is 6.04 Å². The van der Waals surface area contributed by atoms with Gasteiger partial charge in [-0.3, -0.25) is 4.79 Å². The Hall–Kier alpha value is -1.57. The maximum atomic E-state index is 11.5. The van der Waals surface area contributed by atoms with Gasteiger partial charge in [0, 0.05) is 12.1 Å². The van der Waals surface area contributed by atoms with Gasteiger partial charge in [0.2, 0.25) is 0 Å². The molecule has 0 saturated heterocycles. The van der Waals surface area contributed by atoms with Crippen molar-refractivity contribution in [3.63, 3.8) is 0 Å². The van der Waals surface area contributed by atoms with Crippen molar-refractivity contribution < 1.29 is 4.79 Å². The minimum atomic E-state index is -0.133. The minimum absolute atomic E-state index is 0.133. The maximum Gasteiger partial charge on any atom is 0.152 e. The average molecular weight is 231 g/mol. The first kappa shape index (κ1) is 13.5. The highest BCUT2D eigenvalue weighted by Crippen LogP contribution is 2.09. The zero-order chi connectivity index (χ0) is 12.8. The lowest BCUT2D eigenvalue weighted by molar-refractivity contribution is -0.119. The highest BCUT2D eigenvalue weighted by Gasteiger charge is 2.18. The molecule has 0 saturated carbocycles. The Morgan fingerprint density at radius 2 is 1.88 bits per heavy atom. The number of Topliss-reactive ketones (excluding diaryl/α,β-unsaturated/α-hetero) is 1. The maximum absolute atomic E-state index is 11.5. The lowest BCUT2D eigenvalue weighted by atomic mass is 10.00. The molecule has 17 heavy (non-hydrogen) atoms. The van der Waals surface area contributed by atoms with Crippen LogP contribution < -0.4 is 5.32 Å². The van der Waals surface area contributed by atoms with Gasteiger partial charge in [-0.25, -0.2) is 0 Å². The van der Waals surface area contributed by atoms with Crippen molar-refractivity contribution in [2.45, 2.75) is 33.2 Å². The number of benzene rings is 1. The molecular formula is C15H21NO. The van der Waals surface area contributed by atoms with E-state index in [9.17, 15) is 4.79 Å². The Bertz CT molecular complexity index is 381. The van der Waals surface area contributed by atoms with Crippen LogP contribution in [0.5, 0.6) is 0 Å². The van der Waals surface area contributed by atoms with Crippen molar-refractivity contribution in [1.82, 2.24) is 5.32 Å². The molecule has 2 nitrogen and oxygen atoms in total. The Morgan fingerprint density at radius 3 is 2.35 bits per heavy atom. The Morgan fingerprint density at radius 1 is 1.29 bits per heavy atom. The minimum Gasteiger partial charge on any atom is -0.379 e. The summed E-state index contributed by atoms with van der Waals surface area (Å²) in [4.78, 5) is 11.5. The number of rotatable bonds is 6. The van der Waals surface area contributed by atoms with E-state index in [0.717, 1.165) is 12.1 Å². The first-order valence-electron chi connectivity index (χ1n) is 5.99. The van der Waals surface area contributed by atoms with Crippen LogP contribution in [0.4, 0.5) is 0 Å². The fraction of sp³-hybridized carbons (Fsp3) is 0.400. The van der Waals surface area contributed by atoms with Crippen molar-refractivity contribution in [2.75, 3.05) is 0 Å². The van der Waals surface area contributed by atoms with E-state index in [1.54, 1.807) is 6.92 Å². The molecule has 0 heterocycles. The standard InChI is InChI=1S/C15H21NO/c1-11(2)15(13(4)17)16-12(3)10-14-8-6-5-7-9-14/h5-9,11,15-16H,3,10H2,1-2,4H3. The molecule has 0 amide bonds. The van der Waals surface area contributed by atoms with E-state index in [1.165, 1.54) is 5.56 Å². The molecule has 1 aromatic carbocycles. The topological polar surface area (TPSA) is 29.1 Å². The van der Waals surface area contributed by atoms with Gasteiger partial charge in [0.15, 0.2) is 5.78 Å². The second-order valence-corrected chi connectivity index (χ2v) is 4.74. The van der Waals surface area contributed by atoms with Crippen LogP contribution in [-0.4, -0.2) is 11.8 Å². The Kier molecular flexibility index (Phi) is 4.95. The molecule has 0 spiro atoms. The van der Waals surface area contributed by atoms with Gasteiger partial charge in [0.25, 0.3) is 0 Å². The predicted molar refractivity (Wildman–Crippen MR) is 71.7 cm³/mol. The van der Waals surface area contributed by atoms with E-state index >= 15 is 0 Å². The molecule has 2 heteroatoms. The van der Waals surface area contributed by atoms with Crippen molar-refractivity contribution in [1.29, 1.82) is 0 Å². The van der Waals surface area contributed by atoms with Crippen LogP contribution in [0.1, 0.15) is 26.3 Å². The lowest BCUT2D eigenvalue weighted by Crippen LogP contribution is -2.39. The summed E-state index contributed by atoms with van der Waals surface area (Å²) in [5, 5.41) is 3.22. The molecule has 1 unspecified atom stereocenters. The number of carbonyl (C=O) groups is 1. The molecule has 0 aliphatic rings. The van der Waals surface area contributed by atoms with E-state index in [1.807, 2.05) is 32.0 Å². The molecule has 92 valence electrons. The summed E-state index contributed by atoms with van der Waals surface area (Å²) in [5.41, 5.74) is 2.10. The molecule has 0 bridgehead atoms. The summed E-state index contributed by atoms with van der Waals surface area (Å²) < 4.78 is 0. The van der Waals surface area contributed by atoms with Crippen molar-refractivity contribution >= 4 is 5.78 Å². The van der Waals surface area contributed by atoms with Gasteiger partial charge in [-0.2, -0.15) is 0 Å². The Balaban J connectivity index is 2.57. The highest BCUT2D eigenvalue weighted by atomic mass is 16.1. The SMILES string of the molecule is C=C(Cc1ccccc1)NC(C(C)=O)C(C)C. The summed E-state index contributed by atoms with van der Waals surface area (Å²) in [6.07, 6.45) is 0.761. The van der Waals surface area contributed by atoms with Crippen molar-refractivity contribution in [2.24, 2.45) is 5.92 Å². The van der Waals surface area contributed by atoms with Crippen molar-refractivity contribution in [3.05, 3.63) is 48.2 Å². The summed E-state index contributed by atoms with van der Waals surface area (Å²) in [7, 11) is 0. The third-order valence-corrected chi connectivity index (χ3v) is 2.72. The summed E-state index contributed by atoms with van der Waals surface area (Å²) in [5.74, 6) is 0.439. The molecular weight excluding hydrogens is 210 g/mol. The summed E-state index contributed by atoms with van der Waals surface area (Å²) in [6.45, 7) is 9.68. The van der Waals surface area contributed by atoms with E-state index in [0.29, 0.717) is 0 Å². The van der Waals surface area contributed by atoms with E-state index < -0.39 is 0 Å². The van der Waals surface area contributed by atoms with Gasteiger partial charge in [-0.05, 0) is 18.4 Å². The molecule has 1 aromatic rings. The number of hydrogen-bond acceptors (Lipinski definition) is 2. The number of nitrogens with one attached hydrogen (secondary N) is 1. The fourth-order valence-corrected chi connectivity index (χ4v) is 1.85. The molecule has 0 radical (unpaired) electrons. The van der Waals surface area contributed by atoms with Gasteiger partial charge in [-0.15, -0.1) is 0 Å². The zero-order valence-electron chi connectivity index (χ0n) is 10.9. The second-order valence-electron chi connectivity index (χ2n) is 4.74. The van der Waals surface area contributed by atoms with Crippen LogP contribution in [0, 0.1) is 5.92 Å². The number of hydrogen-bond donors (Lipinski definition) is 1. The number of carbonyl (C=O) groups excluding carboxylic acids is 1. The quantitative estimate of drug-likeness (QED) is 0.815. The highest BCUT2D eigenvalue weighted by molar-refractivity contribution is 5.81. The number of ketones is 1. The fourth-order valence-electron chi connectivity index (χ4n) is 1.85. The third kappa shape index (κ3) is 4.43. The zero-order valence-corrected chi connectivity index (χ0v) is 10.9. The van der Waals surface area contributed by atoms with Crippen LogP contribution >= 0.6 is 0 Å². The molecule has 1 atom stereocenters. The summed E-state index contributed by atoms with van der Waals surface area (Å²) >= 11 is 0. The van der Waals surface area contributed by atoms with Gasteiger partial charge < -0.3 is 5.32 Å². The molecule has 1 rings (SSSR count). The molecule has 0 aliphatic carbocycles. The average Bonchev–Trinajstić information content (AvgIpc) is 2.26. The first-order chi connectivity index (χ1) is 8.00.